The van der Waals surface area contributed by atoms with Crippen LogP contribution in [0.1, 0.15) is 22.6 Å². The molecule has 0 atom stereocenters. The number of ether oxygens (including phenoxy) is 1. The number of carbonyl (C=O) groups excluding carboxylic acids is 2. The van der Waals surface area contributed by atoms with Crippen LogP contribution in [0.5, 0.6) is 0 Å². The molecule has 160 valence electrons. The Bertz CT molecular complexity index is 1130. The minimum Gasteiger partial charge on any atom is -0.467 e. The van der Waals surface area contributed by atoms with Crippen LogP contribution >= 0.6 is 23.4 Å². The zero-order chi connectivity index (χ0) is 22.4. The molecule has 0 radical (unpaired) electrons. The van der Waals surface area contributed by atoms with Gasteiger partial charge in [0.1, 0.15) is 17.6 Å². The van der Waals surface area contributed by atoms with Crippen molar-refractivity contribution in [2.75, 3.05) is 17.7 Å². The molecule has 0 aliphatic carbocycles. The van der Waals surface area contributed by atoms with Crippen LogP contribution in [-0.2, 0) is 20.9 Å². The summed E-state index contributed by atoms with van der Waals surface area (Å²) in [6.07, 6.45) is 1.56. The molecule has 0 spiro atoms. The number of benzene rings is 1. The number of nitriles is 1. The molecule has 0 saturated heterocycles. The maximum atomic E-state index is 12.4. The average molecular weight is 458 g/mol. The van der Waals surface area contributed by atoms with Crippen LogP contribution in [0, 0.1) is 25.2 Å². The van der Waals surface area contributed by atoms with Gasteiger partial charge in [0.15, 0.2) is 6.61 Å². The van der Waals surface area contributed by atoms with Crippen LogP contribution in [-0.4, -0.2) is 28.8 Å². The Balaban J connectivity index is 1.62. The standard InChI is InChI=1S/C22H20ClN3O4S/c1-14-15(2)26(11-16-6-5-9-29-16)22(17(14)10-24)25-20(27)12-30-21(28)13-31-19-8-4-3-7-18(19)23/h3-9H,11-13H2,1-2H3,(H,25,27). The van der Waals surface area contributed by atoms with Gasteiger partial charge < -0.3 is 19.0 Å². The van der Waals surface area contributed by atoms with Crippen molar-refractivity contribution in [2.45, 2.75) is 25.3 Å². The minimum absolute atomic E-state index is 0.0214. The molecule has 0 unspecified atom stereocenters. The summed E-state index contributed by atoms with van der Waals surface area (Å²) in [6.45, 7) is 3.57. The highest BCUT2D eigenvalue weighted by atomic mass is 35.5. The van der Waals surface area contributed by atoms with E-state index in [2.05, 4.69) is 11.4 Å². The Kier molecular flexibility index (Phi) is 7.45. The Labute approximate surface area is 188 Å². The van der Waals surface area contributed by atoms with Crippen molar-refractivity contribution in [1.29, 1.82) is 5.26 Å². The molecule has 3 rings (SSSR count). The highest BCUT2D eigenvalue weighted by Gasteiger charge is 2.21. The molecule has 0 aliphatic heterocycles. The van der Waals surface area contributed by atoms with Crippen LogP contribution in [0.15, 0.2) is 52.0 Å². The van der Waals surface area contributed by atoms with Crippen molar-refractivity contribution in [3.05, 3.63) is 70.3 Å². The first kappa shape index (κ1) is 22.5. The van der Waals surface area contributed by atoms with Crippen LogP contribution in [0.3, 0.4) is 0 Å². The summed E-state index contributed by atoms with van der Waals surface area (Å²) in [5.74, 6) is -0.0284. The molecule has 2 heterocycles. The van der Waals surface area contributed by atoms with Gasteiger partial charge in [-0.15, -0.1) is 11.8 Å². The van der Waals surface area contributed by atoms with Crippen molar-refractivity contribution in [3.8, 4) is 6.07 Å². The zero-order valence-corrected chi connectivity index (χ0v) is 18.5. The third-order valence-corrected chi connectivity index (χ3v) is 6.13. The second-order valence-corrected chi connectivity index (χ2v) is 8.06. The Morgan fingerprint density at radius 1 is 1.26 bits per heavy atom. The maximum Gasteiger partial charge on any atom is 0.316 e. The summed E-state index contributed by atoms with van der Waals surface area (Å²) in [5, 5.41) is 12.8. The van der Waals surface area contributed by atoms with Gasteiger partial charge in [0.05, 0.1) is 29.1 Å². The van der Waals surface area contributed by atoms with Gasteiger partial charge >= 0.3 is 5.97 Å². The summed E-state index contributed by atoms with van der Waals surface area (Å²) in [4.78, 5) is 25.2. The lowest BCUT2D eigenvalue weighted by atomic mass is 10.2. The highest BCUT2D eigenvalue weighted by Crippen LogP contribution is 2.28. The summed E-state index contributed by atoms with van der Waals surface area (Å²) in [7, 11) is 0. The second kappa shape index (κ2) is 10.2. The Morgan fingerprint density at radius 2 is 2.03 bits per heavy atom. The monoisotopic (exact) mass is 457 g/mol. The first-order chi connectivity index (χ1) is 14.9. The SMILES string of the molecule is Cc1c(C#N)c(NC(=O)COC(=O)CSc2ccccc2Cl)n(Cc2ccco2)c1C. The molecule has 1 amide bonds. The Hall–Kier alpha value is -3.15. The Morgan fingerprint density at radius 3 is 2.71 bits per heavy atom. The number of esters is 1. The van der Waals surface area contributed by atoms with Gasteiger partial charge in [-0.25, -0.2) is 0 Å². The van der Waals surface area contributed by atoms with E-state index in [1.54, 1.807) is 35.1 Å². The molecular formula is C22H20ClN3O4S. The number of thioether (sulfide) groups is 1. The summed E-state index contributed by atoms with van der Waals surface area (Å²) >= 11 is 7.29. The summed E-state index contributed by atoms with van der Waals surface area (Å²) in [5.41, 5.74) is 1.95. The van der Waals surface area contributed by atoms with Crippen LogP contribution in [0.25, 0.3) is 0 Å². The third kappa shape index (κ3) is 5.51. The first-order valence-electron chi connectivity index (χ1n) is 9.35. The van der Waals surface area contributed by atoms with Gasteiger partial charge in [-0.05, 0) is 43.7 Å². The predicted octanol–water partition coefficient (Wildman–Crippen LogP) is 4.55. The number of nitrogens with one attached hydrogen (secondary N) is 1. The van der Waals surface area contributed by atoms with Crippen LogP contribution < -0.4 is 5.32 Å². The van der Waals surface area contributed by atoms with E-state index in [1.165, 1.54) is 11.8 Å². The second-order valence-electron chi connectivity index (χ2n) is 6.64. The van der Waals surface area contributed by atoms with Crippen LogP contribution in [0.2, 0.25) is 5.02 Å². The topological polar surface area (TPSA) is 97.3 Å². The molecule has 9 heteroatoms. The average Bonchev–Trinajstić information content (AvgIpc) is 3.34. The number of halogens is 1. The summed E-state index contributed by atoms with van der Waals surface area (Å²) in [6, 6.07) is 12.9. The van der Waals surface area contributed by atoms with E-state index in [0.29, 0.717) is 28.7 Å². The molecule has 1 N–H and O–H groups in total. The van der Waals surface area contributed by atoms with E-state index in [1.807, 2.05) is 26.0 Å². The van der Waals surface area contributed by atoms with Crippen LogP contribution in [0.4, 0.5) is 5.82 Å². The fourth-order valence-electron chi connectivity index (χ4n) is 2.94. The molecule has 7 nitrogen and oxygen atoms in total. The van der Waals surface area contributed by atoms with E-state index in [4.69, 9.17) is 20.8 Å². The molecule has 0 aliphatic rings. The number of nitrogens with zero attached hydrogens (tertiary/aromatic N) is 2. The van der Waals surface area contributed by atoms with Gasteiger partial charge in [-0.3, -0.25) is 9.59 Å². The molecule has 1 aromatic carbocycles. The lowest BCUT2D eigenvalue weighted by molar-refractivity contribution is -0.144. The third-order valence-electron chi connectivity index (χ3n) is 4.64. The van der Waals surface area contributed by atoms with Crippen molar-refractivity contribution < 1.29 is 18.7 Å². The smallest absolute Gasteiger partial charge is 0.316 e. The van der Waals surface area contributed by atoms with Crippen molar-refractivity contribution in [2.24, 2.45) is 0 Å². The largest absolute Gasteiger partial charge is 0.467 e. The fraction of sp³-hybridized carbons (Fsp3) is 0.227. The van der Waals surface area contributed by atoms with E-state index < -0.39 is 18.5 Å². The molecular weight excluding hydrogens is 438 g/mol. The predicted molar refractivity (Wildman–Crippen MR) is 118 cm³/mol. The number of amides is 1. The molecule has 0 bridgehead atoms. The number of anilines is 1. The quantitative estimate of drug-likeness (QED) is 0.394. The first-order valence-corrected chi connectivity index (χ1v) is 10.7. The lowest BCUT2D eigenvalue weighted by Gasteiger charge is -2.12. The number of rotatable bonds is 8. The van der Waals surface area contributed by atoms with E-state index in [0.717, 1.165) is 16.2 Å². The molecule has 2 aromatic heterocycles. The van der Waals surface area contributed by atoms with Gasteiger partial charge in [0.2, 0.25) is 0 Å². The number of hydrogen-bond acceptors (Lipinski definition) is 6. The molecule has 0 fully saturated rings. The number of aromatic nitrogens is 1. The number of furan rings is 1. The summed E-state index contributed by atoms with van der Waals surface area (Å²) < 4.78 is 12.2. The van der Waals surface area contributed by atoms with E-state index >= 15 is 0 Å². The van der Waals surface area contributed by atoms with Gasteiger partial charge in [-0.2, -0.15) is 5.26 Å². The molecule has 0 saturated carbocycles. The highest BCUT2D eigenvalue weighted by molar-refractivity contribution is 8.00. The van der Waals surface area contributed by atoms with Gasteiger partial charge in [0.25, 0.3) is 5.91 Å². The normalized spacial score (nSPS) is 10.5. The van der Waals surface area contributed by atoms with Crippen molar-refractivity contribution >= 4 is 41.1 Å². The minimum atomic E-state index is -0.543. The zero-order valence-electron chi connectivity index (χ0n) is 17.0. The maximum absolute atomic E-state index is 12.4. The number of hydrogen-bond donors (Lipinski definition) is 1. The van der Waals surface area contributed by atoms with Gasteiger partial charge in [-0.1, -0.05) is 23.7 Å². The van der Waals surface area contributed by atoms with E-state index in [9.17, 15) is 14.9 Å². The molecule has 31 heavy (non-hydrogen) atoms. The van der Waals surface area contributed by atoms with Crippen molar-refractivity contribution in [3.63, 3.8) is 0 Å². The number of carbonyl (C=O) groups is 2. The van der Waals surface area contributed by atoms with Crippen molar-refractivity contribution in [1.82, 2.24) is 4.57 Å². The van der Waals surface area contributed by atoms with E-state index in [-0.39, 0.29) is 5.75 Å². The fourth-order valence-corrected chi connectivity index (χ4v) is 3.98. The van der Waals surface area contributed by atoms with Gasteiger partial charge in [0, 0.05) is 10.6 Å². The lowest BCUT2D eigenvalue weighted by Crippen LogP contribution is -2.23. The molecule has 3 aromatic rings.